The molecule has 0 aromatic carbocycles. The minimum atomic E-state index is 0.0607. The molecule has 2 unspecified atom stereocenters. The number of alkyl halides is 1. The topological polar surface area (TPSA) is 32.6 Å². The van der Waals surface area contributed by atoms with Gasteiger partial charge in [0, 0.05) is 5.41 Å². The zero-order valence-electron chi connectivity index (χ0n) is 8.89. The predicted octanol–water partition coefficient (Wildman–Crippen LogP) is 3.61. The fourth-order valence-electron chi connectivity index (χ4n) is 2.93. The highest BCUT2D eigenvalue weighted by atomic mass is 127. The quantitative estimate of drug-likeness (QED) is 0.315. The lowest BCUT2D eigenvalue weighted by Gasteiger charge is -2.52. The Morgan fingerprint density at radius 2 is 2.07 bits per heavy atom. The highest BCUT2D eigenvalue weighted by molar-refractivity contribution is 14.1. The summed E-state index contributed by atoms with van der Waals surface area (Å²) in [5.74, 6) is 0.625. The van der Waals surface area contributed by atoms with Crippen molar-refractivity contribution in [2.45, 2.75) is 49.4 Å². The van der Waals surface area contributed by atoms with Gasteiger partial charge in [-0.3, -0.25) is 0 Å². The first-order chi connectivity index (χ1) is 6.53. The summed E-state index contributed by atoms with van der Waals surface area (Å²) >= 11 is 2.47. The molecule has 2 saturated carbocycles. The van der Waals surface area contributed by atoms with Crippen LogP contribution in [0.5, 0.6) is 0 Å². The highest BCUT2D eigenvalue weighted by Gasteiger charge is 2.53. The Morgan fingerprint density at radius 3 is 2.50 bits per heavy atom. The van der Waals surface area contributed by atoms with Gasteiger partial charge in [0.15, 0.2) is 0 Å². The summed E-state index contributed by atoms with van der Waals surface area (Å²) in [5.41, 5.74) is 1.34. The first-order valence-electron chi connectivity index (χ1n) is 5.45. The molecule has 0 saturated heterocycles. The zero-order chi connectivity index (χ0) is 10.4. The van der Waals surface area contributed by atoms with Crippen molar-refractivity contribution in [1.82, 2.24) is 0 Å². The predicted molar refractivity (Wildman–Crippen MR) is 66.3 cm³/mol. The van der Waals surface area contributed by atoms with Crippen molar-refractivity contribution in [3.05, 3.63) is 0 Å². The van der Waals surface area contributed by atoms with E-state index < -0.39 is 0 Å². The summed E-state index contributed by atoms with van der Waals surface area (Å²) in [7, 11) is 0. The first-order valence-corrected chi connectivity index (χ1v) is 6.53. The third-order valence-electron chi connectivity index (χ3n) is 4.36. The molecular formula is C11H18INO. The van der Waals surface area contributed by atoms with Crippen molar-refractivity contribution < 1.29 is 5.21 Å². The number of oxime groups is 1. The van der Waals surface area contributed by atoms with Gasteiger partial charge < -0.3 is 5.21 Å². The van der Waals surface area contributed by atoms with Gasteiger partial charge >= 0.3 is 0 Å². The molecule has 2 rings (SSSR count). The van der Waals surface area contributed by atoms with Crippen molar-refractivity contribution in [2.75, 3.05) is 0 Å². The number of hydrogen-bond acceptors (Lipinski definition) is 2. The number of nitrogens with zero attached hydrogens (tertiary/aromatic N) is 1. The van der Waals surface area contributed by atoms with E-state index in [4.69, 9.17) is 0 Å². The fourth-order valence-corrected chi connectivity index (χ4v) is 3.92. The molecule has 3 heteroatoms. The molecule has 0 heterocycles. The van der Waals surface area contributed by atoms with Gasteiger partial charge in [-0.05, 0) is 38.5 Å². The molecule has 1 N–H and O–H groups in total. The third-order valence-corrected chi connectivity index (χ3v) is 5.93. The van der Waals surface area contributed by atoms with Gasteiger partial charge in [0.05, 0.1) is 9.13 Å². The van der Waals surface area contributed by atoms with Gasteiger partial charge in [-0.2, -0.15) is 0 Å². The molecule has 2 atom stereocenters. The van der Waals surface area contributed by atoms with Gasteiger partial charge in [0.25, 0.3) is 0 Å². The largest absolute Gasteiger partial charge is 0.411 e. The molecule has 1 spiro atoms. The second-order valence-electron chi connectivity index (χ2n) is 5.10. The second kappa shape index (κ2) is 3.35. The summed E-state index contributed by atoms with van der Waals surface area (Å²) in [6.45, 7) is 4.48. The summed E-state index contributed by atoms with van der Waals surface area (Å²) < 4.78 is 0.0607. The lowest BCUT2D eigenvalue weighted by atomic mass is 9.55. The van der Waals surface area contributed by atoms with Gasteiger partial charge in [-0.15, -0.1) is 0 Å². The standard InChI is InChI=1S/C11H18INO/c1-8-4-7-11(5-3-6-11)9(13-14)10(8,2)12/h8,14H,3-7H2,1-2H3/b13-9-. The average molecular weight is 307 g/mol. The molecule has 2 nitrogen and oxygen atoms in total. The van der Waals surface area contributed by atoms with Crippen molar-refractivity contribution in [1.29, 1.82) is 0 Å². The average Bonchev–Trinajstić information content (AvgIpc) is 2.06. The van der Waals surface area contributed by atoms with Crippen molar-refractivity contribution in [3.63, 3.8) is 0 Å². The normalized spacial score (nSPS) is 43.9. The van der Waals surface area contributed by atoms with E-state index in [1.165, 1.54) is 32.1 Å². The Morgan fingerprint density at radius 1 is 1.43 bits per heavy atom. The highest BCUT2D eigenvalue weighted by Crippen LogP contribution is 2.56. The third kappa shape index (κ3) is 1.31. The van der Waals surface area contributed by atoms with Crippen molar-refractivity contribution in [2.24, 2.45) is 16.5 Å². The number of hydrogen-bond donors (Lipinski definition) is 1. The summed E-state index contributed by atoms with van der Waals surface area (Å²) in [6, 6.07) is 0. The molecule has 0 aromatic heterocycles. The molecule has 2 aliphatic rings. The first kappa shape index (κ1) is 10.7. The van der Waals surface area contributed by atoms with Gasteiger partial charge in [0.1, 0.15) is 0 Å². The van der Waals surface area contributed by atoms with E-state index >= 15 is 0 Å². The molecule has 0 bridgehead atoms. The van der Waals surface area contributed by atoms with Crippen LogP contribution in [-0.2, 0) is 0 Å². The van der Waals surface area contributed by atoms with Crippen molar-refractivity contribution >= 4 is 28.3 Å². The molecule has 14 heavy (non-hydrogen) atoms. The second-order valence-corrected chi connectivity index (χ2v) is 7.34. The van der Waals surface area contributed by atoms with Crippen LogP contribution in [0.25, 0.3) is 0 Å². The van der Waals surface area contributed by atoms with Gasteiger partial charge in [0.2, 0.25) is 0 Å². The van der Waals surface area contributed by atoms with Crippen LogP contribution in [0.15, 0.2) is 5.16 Å². The minimum absolute atomic E-state index is 0.0607. The Labute approximate surface area is 99.3 Å². The molecule has 2 fully saturated rings. The van der Waals surface area contributed by atoms with E-state index in [9.17, 15) is 5.21 Å². The summed E-state index contributed by atoms with van der Waals surface area (Å²) in [6.07, 6.45) is 6.28. The fraction of sp³-hybridized carbons (Fsp3) is 0.909. The maximum atomic E-state index is 9.23. The molecule has 0 aromatic rings. The van der Waals surface area contributed by atoms with Crippen LogP contribution in [-0.4, -0.2) is 14.3 Å². The lowest BCUT2D eigenvalue weighted by Crippen LogP contribution is -2.54. The Balaban J connectivity index is 2.33. The number of halogens is 1. The van der Waals surface area contributed by atoms with E-state index in [1.54, 1.807) is 0 Å². The Kier molecular flexibility index (Phi) is 2.57. The maximum absolute atomic E-state index is 9.23. The Bertz CT molecular complexity index is 264. The molecule has 2 aliphatic carbocycles. The van der Waals surface area contributed by atoms with Crippen LogP contribution in [0, 0.1) is 11.3 Å². The van der Waals surface area contributed by atoms with Crippen LogP contribution in [0.3, 0.4) is 0 Å². The Hall–Kier alpha value is 0.200. The van der Waals surface area contributed by atoms with Crippen LogP contribution < -0.4 is 0 Å². The number of rotatable bonds is 0. The van der Waals surface area contributed by atoms with E-state index in [0.717, 1.165) is 5.71 Å². The van der Waals surface area contributed by atoms with E-state index in [0.29, 0.717) is 5.92 Å². The van der Waals surface area contributed by atoms with E-state index in [2.05, 4.69) is 41.6 Å². The molecule has 0 amide bonds. The molecule has 0 aliphatic heterocycles. The SMILES string of the molecule is CC1CCC2(CCC2)/C(=N\O)C1(C)I. The van der Waals surface area contributed by atoms with Crippen molar-refractivity contribution in [3.8, 4) is 0 Å². The summed E-state index contributed by atoms with van der Waals surface area (Å²) in [4.78, 5) is 0. The minimum Gasteiger partial charge on any atom is -0.411 e. The smallest absolute Gasteiger partial charge is 0.0790 e. The molecule has 0 radical (unpaired) electrons. The maximum Gasteiger partial charge on any atom is 0.0790 e. The van der Waals surface area contributed by atoms with Crippen LogP contribution in [0.1, 0.15) is 46.0 Å². The zero-order valence-corrected chi connectivity index (χ0v) is 11.0. The van der Waals surface area contributed by atoms with E-state index in [1.807, 2.05) is 0 Å². The van der Waals surface area contributed by atoms with Crippen LogP contribution >= 0.6 is 22.6 Å². The van der Waals surface area contributed by atoms with Crippen LogP contribution in [0.4, 0.5) is 0 Å². The monoisotopic (exact) mass is 307 g/mol. The van der Waals surface area contributed by atoms with Gasteiger partial charge in [-0.1, -0.05) is 41.1 Å². The van der Waals surface area contributed by atoms with Gasteiger partial charge in [-0.25, -0.2) is 0 Å². The van der Waals surface area contributed by atoms with E-state index in [-0.39, 0.29) is 8.84 Å². The van der Waals surface area contributed by atoms with Crippen LogP contribution in [0.2, 0.25) is 0 Å². The molecule has 80 valence electrons. The summed E-state index contributed by atoms with van der Waals surface area (Å²) in [5, 5.41) is 12.9. The lowest BCUT2D eigenvalue weighted by molar-refractivity contribution is 0.156. The molecular weight excluding hydrogens is 289 g/mol.